The van der Waals surface area contributed by atoms with Gasteiger partial charge in [-0.05, 0) is 32.2 Å². The minimum absolute atomic E-state index is 0.00339. The molecule has 11 nitrogen and oxygen atoms in total. The van der Waals surface area contributed by atoms with Gasteiger partial charge in [0.05, 0.1) is 19.0 Å². The zero-order chi connectivity index (χ0) is 20.5. The molecule has 1 fully saturated rings. The van der Waals surface area contributed by atoms with E-state index in [2.05, 4.69) is 15.0 Å². The molecule has 0 unspecified atom stereocenters. The standard InChI is InChI=1S/C17H28N8O3/c1-24(12(27)3-2-6-18)10-4-5-17(28,11(26)7-10)8-25-9-21-13-14(19)22-16(20)23-15(13)25/h9-11,26,28H,2-8,18H2,1H3,(H4,19,20,22,23)/t10-,11+,17+/m0/s1. The van der Waals surface area contributed by atoms with Crippen LogP contribution in [0.5, 0.6) is 0 Å². The molecule has 3 rings (SSSR count). The largest absolute Gasteiger partial charge is 0.390 e. The quantitative estimate of drug-likeness (QED) is 0.404. The minimum Gasteiger partial charge on any atom is -0.390 e. The molecule has 0 bridgehead atoms. The van der Waals surface area contributed by atoms with Crippen molar-refractivity contribution in [2.45, 2.75) is 56.4 Å². The number of carbonyl (C=O) groups is 1. The third-order valence-corrected chi connectivity index (χ3v) is 5.51. The van der Waals surface area contributed by atoms with E-state index in [-0.39, 0.29) is 36.7 Å². The summed E-state index contributed by atoms with van der Waals surface area (Å²) in [4.78, 5) is 26.1. The molecule has 154 valence electrons. The van der Waals surface area contributed by atoms with Crippen LogP contribution in [0.1, 0.15) is 32.1 Å². The summed E-state index contributed by atoms with van der Waals surface area (Å²) in [5.74, 6) is 0.173. The molecule has 0 spiro atoms. The van der Waals surface area contributed by atoms with E-state index in [1.54, 1.807) is 16.5 Å². The van der Waals surface area contributed by atoms with Gasteiger partial charge in [0.2, 0.25) is 11.9 Å². The van der Waals surface area contributed by atoms with Gasteiger partial charge in [0.25, 0.3) is 0 Å². The van der Waals surface area contributed by atoms with Gasteiger partial charge in [-0.15, -0.1) is 0 Å². The monoisotopic (exact) mass is 392 g/mol. The van der Waals surface area contributed by atoms with E-state index in [4.69, 9.17) is 17.2 Å². The van der Waals surface area contributed by atoms with Gasteiger partial charge in [0.1, 0.15) is 11.1 Å². The molecule has 0 aromatic carbocycles. The molecule has 2 aromatic heterocycles. The molecular formula is C17H28N8O3. The number of aliphatic hydroxyl groups excluding tert-OH is 1. The summed E-state index contributed by atoms with van der Waals surface area (Å²) in [6, 6.07) is -0.131. The molecule has 11 heteroatoms. The van der Waals surface area contributed by atoms with Gasteiger partial charge in [-0.3, -0.25) is 4.79 Å². The third kappa shape index (κ3) is 3.86. The first-order valence-corrected chi connectivity index (χ1v) is 9.35. The maximum Gasteiger partial charge on any atom is 0.224 e. The third-order valence-electron chi connectivity index (χ3n) is 5.51. The van der Waals surface area contributed by atoms with Gasteiger partial charge in [-0.2, -0.15) is 9.97 Å². The summed E-state index contributed by atoms with van der Waals surface area (Å²) in [5.41, 5.74) is 16.4. The minimum atomic E-state index is -1.38. The van der Waals surface area contributed by atoms with Crippen LogP contribution in [0.25, 0.3) is 11.2 Å². The van der Waals surface area contributed by atoms with Crippen molar-refractivity contribution in [2.75, 3.05) is 25.1 Å². The number of amides is 1. The number of nitrogen functional groups attached to an aromatic ring is 2. The Morgan fingerprint density at radius 2 is 2.18 bits per heavy atom. The Hall–Kier alpha value is -2.50. The molecular weight excluding hydrogens is 364 g/mol. The lowest BCUT2D eigenvalue weighted by molar-refractivity contribution is -0.143. The Bertz CT molecular complexity index is 856. The van der Waals surface area contributed by atoms with Crippen LogP contribution < -0.4 is 17.2 Å². The van der Waals surface area contributed by atoms with E-state index in [0.29, 0.717) is 43.4 Å². The number of fused-ring (bicyclic) bond motifs is 1. The normalized spacial score (nSPS) is 25.1. The lowest BCUT2D eigenvalue weighted by atomic mass is 9.79. The maximum absolute atomic E-state index is 12.2. The topological polar surface area (TPSA) is 182 Å². The summed E-state index contributed by atoms with van der Waals surface area (Å²) in [6.07, 6.45) is 2.68. The summed E-state index contributed by atoms with van der Waals surface area (Å²) in [7, 11) is 1.73. The molecule has 28 heavy (non-hydrogen) atoms. The first-order chi connectivity index (χ1) is 13.2. The van der Waals surface area contributed by atoms with Crippen LogP contribution in [0.3, 0.4) is 0 Å². The van der Waals surface area contributed by atoms with Crippen LogP contribution in [-0.2, 0) is 11.3 Å². The van der Waals surface area contributed by atoms with Gasteiger partial charge in [-0.1, -0.05) is 0 Å². The number of imidazole rings is 1. The predicted molar refractivity (Wildman–Crippen MR) is 104 cm³/mol. The molecule has 0 radical (unpaired) electrons. The van der Waals surface area contributed by atoms with Crippen molar-refractivity contribution in [2.24, 2.45) is 5.73 Å². The van der Waals surface area contributed by atoms with Gasteiger partial charge in [0, 0.05) is 19.5 Å². The zero-order valence-corrected chi connectivity index (χ0v) is 16.0. The van der Waals surface area contributed by atoms with Gasteiger partial charge in [0.15, 0.2) is 11.5 Å². The van der Waals surface area contributed by atoms with Crippen LogP contribution in [0.2, 0.25) is 0 Å². The fraction of sp³-hybridized carbons (Fsp3) is 0.647. The first-order valence-electron chi connectivity index (χ1n) is 9.35. The highest BCUT2D eigenvalue weighted by atomic mass is 16.3. The lowest BCUT2D eigenvalue weighted by Gasteiger charge is -2.43. The van der Waals surface area contributed by atoms with E-state index in [1.165, 1.54) is 6.33 Å². The highest BCUT2D eigenvalue weighted by molar-refractivity contribution is 5.82. The van der Waals surface area contributed by atoms with Crippen LogP contribution in [-0.4, -0.2) is 71.9 Å². The van der Waals surface area contributed by atoms with Gasteiger partial charge >= 0.3 is 0 Å². The molecule has 2 aromatic rings. The number of nitrogens with zero attached hydrogens (tertiary/aromatic N) is 5. The van der Waals surface area contributed by atoms with Gasteiger partial charge < -0.3 is 36.9 Å². The van der Waals surface area contributed by atoms with E-state index in [9.17, 15) is 15.0 Å². The molecule has 1 saturated carbocycles. The SMILES string of the molecule is CN(C(=O)CCCN)[C@H]1CC[C@@](O)(Cn2cnc3c(N)nc(N)nc32)[C@H](O)C1. The van der Waals surface area contributed by atoms with Crippen LogP contribution in [0.15, 0.2) is 6.33 Å². The second kappa shape index (κ2) is 7.86. The fourth-order valence-electron chi connectivity index (χ4n) is 3.74. The van der Waals surface area contributed by atoms with Crippen molar-refractivity contribution < 1.29 is 15.0 Å². The first kappa shape index (κ1) is 20.2. The number of hydrogen-bond acceptors (Lipinski definition) is 9. The van der Waals surface area contributed by atoms with Crippen molar-refractivity contribution in [3.8, 4) is 0 Å². The molecule has 2 heterocycles. The van der Waals surface area contributed by atoms with Crippen LogP contribution in [0.4, 0.5) is 11.8 Å². The molecule has 8 N–H and O–H groups in total. The molecule has 3 atom stereocenters. The molecule has 1 aliphatic carbocycles. The van der Waals surface area contributed by atoms with Crippen molar-refractivity contribution in [3.63, 3.8) is 0 Å². The van der Waals surface area contributed by atoms with E-state index in [1.807, 2.05) is 0 Å². The number of aliphatic hydroxyl groups is 2. The van der Waals surface area contributed by atoms with E-state index in [0.717, 1.165) is 0 Å². The van der Waals surface area contributed by atoms with Crippen molar-refractivity contribution in [1.82, 2.24) is 24.4 Å². The second-order valence-electron chi connectivity index (χ2n) is 7.46. The highest BCUT2D eigenvalue weighted by Crippen LogP contribution is 2.33. The zero-order valence-electron chi connectivity index (χ0n) is 16.0. The Labute approximate surface area is 162 Å². The Morgan fingerprint density at radius 1 is 1.43 bits per heavy atom. The molecule has 1 amide bonds. The van der Waals surface area contributed by atoms with Crippen LogP contribution in [0, 0.1) is 0 Å². The number of aromatic nitrogens is 4. The number of nitrogens with two attached hydrogens (primary N) is 3. The number of carbonyl (C=O) groups excluding carboxylic acids is 1. The van der Waals surface area contributed by atoms with Crippen molar-refractivity contribution in [3.05, 3.63) is 6.33 Å². The summed E-state index contributed by atoms with van der Waals surface area (Å²) < 4.78 is 1.61. The van der Waals surface area contributed by atoms with Crippen LogP contribution >= 0.6 is 0 Å². The van der Waals surface area contributed by atoms with Crippen molar-refractivity contribution >= 4 is 28.8 Å². The van der Waals surface area contributed by atoms with E-state index < -0.39 is 11.7 Å². The molecule has 0 saturated heterocycles. The predicted octanol–water partition coefficient (Wildman–Crippen LogP) is -1.17. The summed E-state index contributed by atoms with van der Waals surface area (Å²) in [6.45, 7) is 0.544. The summed E-state index contributed by atoms with van der Waals surface area (Å²) >= 11 is 0. The number of anilines is 2. The number of rotatable bonds is 6. The Morgan fingerprint density at radius 3 is 2.86 bits per heavy atom. The summed E-state index contributed by atoms with van der Waals surface area (Å²) in [5, 5.41) is 21.7. The molecule has 0 aliphatic heterocycles. The lowest BCUT2D eigenvalue weighted by Crippen LogP contribution is -2.54. The van der Waals surface area contributed by atoms with Gasteiger partial charge in [-0.25, -0.2) is 4.98 Å². The molecule has 1 aliphatic rings. The average Bonchev–Trinajstić information content (AvgIpc) is 3.04. The Balaban J connectivity index is 1.72. The smallest absolute Gasteiger partial charge is 0.224 e. The fourth-order valence-corrected chi connectivity index (χ4v) is 3.74. The van der Waals surface area contributed by atoms with E-state index >= 15 is 0 Å². The number of hydrogen-bond donors (Lipinski definition) is 5. The Kier molecular flexibility index (Phi) is 5.68. The van der Waals surface area contributed by atoms with Crippen molar-refractivity contribution in [1.29, 1.82) is 0 Å². The highest BCUT2D eigenvalue weighted by Gasteiger charge is 2.43. The second-order valence-corrected chi connectivity index (χ2v) is 7.46. The average molecular weight is 392 g/mol. The maximum atomic E-state index is 12.2.